The van der Waals surface area contributed by atoms with Crippen LogP contribution in [0.25, 0.3) is 0 Å². The van der Waals surface area contributed by atoms with Crippen LogP contribution in [-0.4, -0.2) is 31.1 Å². The van der Waals surface area contributed by atoms with Crippen molar-refractivity contribution < 1.29 is 22.7 Å². The highest BCUT2D eigenvalue weighted by atomic mass is 19.4. The number of hydrogen-bond acceptors (Lipinski definition) is 3. The van der Waals surface area contributed by atoms with Gasteiger partial charge in [-0.05, 0) is 31.0 Å². The van der Waals surface area contributed by atoms with E-state index in [4.69, 9.17) is 4.74 Å². The number of alkyl halides is 3. The quantitative estimate of drug-likeness (QED) is 0.804. The molecular weight excluding hydrogens is 283 g/mol. The molecule has 1 unspecified atom stereocenters. The van der Waals surface area contributed by atoms with Gasteiger partial charge >= 0.3 is 12.1 Å². The van der Waals surface area contributed by atoms with Gasteiger partial charge in [0.15, 0.2) is 0 Å². The lowest BCUT2D eigenvalue weighted by molar-refractivity contribution is -0.147. The molecule has 1 saturated heterocycles. The van der Waals surface area contributed by atoms with Crippen molar-refractivity contribution >= 4 is 5.97 Å². The maximum Gasteiger partial charge on any atom is 0.416 e. The molecule has 2 rings (SSSR count). The van der Waals surface area contributed by atoms with Crippen LogP contribution in [0.15, 0.2) is 24.3 Å². The summed E-state index contributed by atoms with van der Waals surface area (Å²) >= 11 is 0. The van der Waals surface area contributed by atoms with E-state index in [1.54, 1.807) is 6.07 Å². The van der Waals surface area contributed by atoms with Crippen LogP contribution in [0.5, 0.6) is 0 Å². The number of rotatable bonds is 3. The topological polar surface area (TPSA) is 29.5 Å². The van der Waals surface area contributed by atoms with Gasteiger partial charge in [-0.2, -0.15) is 13.2 Å². The van der Waals surface area contributed by atoms with Gasteiger partial charge in [0, 0.05) is 13.1 Å². The molecule has 21 heavy (non-hydrogen) atoms. The smallest absolute Gasteiger partial charge is 0.416 e. The van der Waals surface area contributed by atoms with E-state index in [-0.39, 0.29) is 24.0 Å². The van der Waals surface area contributed by atoms with Crippen LogP contribution in [-0.2, 0) is 22.3 Å². The SMILES string of the molecule is COC(=O)C1CCCN(Cc2ccccc2C(F)(F)F)C1. The fourth-order valence-corrected chi connectivity index (χ4v) is 2.73. The van der Waals surface area contributed by atoms with Gasteiger partial charge in [0.25, 0.3) is 0 Å². The third-order valence-electron chi connectivity index (χ3n) is 3.76. The van der Waals surface area contributed by atoms with Crippen LogP contribution >= 0.6 is 0 Å². The van der Waals surface area contributed by atoms with Crippen LogP contribution in [0, 0.1) is 5.92 Å². The Morgan fingerprint density at radius 1 is 1.38 bits per heavy atom. The normalized spacial score (nSPS) is 20.3. The van der Waals surface area contributed by atoms with Crippen LogP contribution in [0.3, 0.4) is 0 Å². The van der Waals surface area contributed by atoms with E-state index in [1.165, 1.54) is 19.2 Å². The lowest BCUT2D eigenvalue weighted by atomic mass is 9.97. The Morgan fingerprint density at radius 2 is 2.10 bits per heavy atom. The molecule has 1 fully saturated rings. The maximum absolute atomic E-state index is 13.0. The Labute approximate surface area is 121 Å². The second kappa shape index (κ2) is 6.47. The lowest BCUT2D eigenvalue weighted by Crippen LogP contribution is -2.39. The van der Waals surface area contributed by atoms with Crippen LogP contribution in [0.2, 0.25) is 0 Å². The van der Waals surface area contributed by atoms with E-state index >= 15 is 0 Å². The monoisotopic (exact) mass is 301 g/mol. The molecule has 6 heteroatoms. The van der Waals surface area contributed by atoms with Crippen LogP contribution in [0.4, 0.5) is 13.2 Å². The van der Waals surface area contributed by atoms with Crippen molar-refractivity contribution in [2.24, 2.45) is 5.92 Å². The maximum atomic E-state index is 13.0. The van der Waals surface area contributed by atoms with Gasteiger partial charge in [-0.15, -0.1) is 0 Å². The van der Waals surface area contributed by atoms with Crippen molar-refractivity contribution in [2.75, 3.05) is 20.2 Å². The molecule has 0 radical (unpaired) electrons. The Kier molecular flexibility index (Phi) is 4.88. The number of esters is 1. The average Bonchev–Trinajstić information content (AvgIpc) is 2.46. The van der Waals surface area contributed by atoms with Gasteiger partial charge < -0.3 is 4.74 Å². The number of carbonyl (C=O) groups excluding carboxylic acids is 1. The summed E-state index contributed by atoms with van der Waals surface area (Å²) in [4.78, 5) is 13.4. The first-order valence-corrected chi connectivity index (χ1v) is 6.87. The first-order valence-electron chi connectivity index (χ1n) is 6.87. The summed E-state index contributed by atoms with van der Waals surface area (Å²) in [7, 11) is 1.33. The van der Waals surface area contributed by atoms with Gasteiger partial charge in [0.1, 0.15) is 0 Å². The number of benzene rings is 1. The summed E-state index contributed by atoms with van der Waals surface area (Å²) in [6.07, 6.45) is -2.84. The third-order valence-corrected chi connectivity index (χ3v) is 3.76. The standard InChI is InChI=1S/C15H18F3NO2/c1-21-14(20)12-6-4-8-19(10-12)9-11-5-2-3-7-13(11)15(16,17)18/h2-3,5,7,12H,4,6,8-10H2,1H3. The number of nitrogens with zero attached hydrogens (tertiary/aromatic N) is 1. The summed E-state index contributed by atoms with van der Waals surface area (Å²) in [5.74, 6) is -0.536. The molecule has 1 atom stereocenters. The van der Waals surface area contributed by atoms with Gasteiger partial charge in [0.05, 0.1) is 18.6 Å². The fraction of sp³-hybridized carbons (Fsp3) is 0.533. The van der Waals surface area contributed by atoms with Gasteiger partial charge in [-0.1, -0.05) is 18.2 Å². The van der Waals surface area contributed by atoms with Gasteiger partial charge in [0.2, 0.25) is 0 Å². The lowest BCUT2D eigenvalue weighted by Gasteiger charge is -2.31. The van der Waals surface area contributed by atoms with Crippen molar-refractivity contribution in [2.45, 2.75) is 25.6 Å². The van der Waals surface area contributed by atoms with Crippen LogP contribution < -0.4 is 0 Å². The zero-order valence-electron chi connectivity index (χ0n) is 11.8. The van der Waals surface area contributed by atoms with Crippen molar-refractivity contribution in [1.82, 2.24) is 4.90 Å². The summed E-state index contributed by atoms with van der Waals surface area (Å²) in [6, 6.07) is 5.58. The predicted molar refractivity (Wildman–Crippen MR) is 71.5 cm³/mol. The second-order valence-corrected chi connectivity index (χ2v) is 5.25. The Hall–Kier alpha value is -1.56. The van der Waals surface area contributed by atoms with E-state index in [1.807, 2.05) is 4.90 Å². The molecule has 0 bridgehead atoms. The minimum Gasteiger partial charge on any atom is -0.469 e. The second-order valence-electron chi connectivity index (χ2n) is 5.25. The fourth-order valence-electron chi connectivity index (χ4n) is 2.73. The van der Waals surface area contributed by atoms with Crippen molar-refractivity contribution in [3.8, 4) is 0 Å². The molecule has 1 aliphatic heterocycles. The predicted octanol–water partition coefficient (Wildman–Crippen LogP) is 3.09. The van der Waals surface area contributed by atoms with E-state index in [0.29, 0.717) is 13.1 Å². The summed E-state index contributed by atoms with van der Waals surface area (Å²) in [5, 5.41) is 0. The van der Waals surface area contributed by atoms with Gasteiger partial charge in [-0.25, -0.2) is 0 Å². The Morgan fingerprint density at radius 3 is 2.76 bits per heavy atom. The molecule has 1 aliphatic rings. The number of carbonyl (C=O) groups is 1. The molecule has 0 N–H and O–H groups in total. The average molecular weight is 301 g/mol. The number of hydrogen-bond donors (Lipinski definition) is 0. The highest BCUT2D eigenvalue weighted by Crippen LogP contribution is 2.33. The Bertz CT molecular complexity index is 502. The highest BCUT2D eigenvalue weighted by Gasteiger charge is 2.34. The third kappa shape index (κ3) is 3.97. The molecule has 1 heterocycles. The van der Waals surface area contributed by atoms with Crippen molar-refractivity contribution in [3.05, 3.63) is 35.4 Å². The number of halogens is 3. The molecule has 0 amide bonds. The molecule has 1 aromatic carbocycles. The van der Waals surface area contributed by atoms with E-state index in [0.717, 1.165) is 18.9 Å². The zero-order chi connectivity index (χ0) is 15.5. The summed E-state index contributed by atoms with van der Waals surface area (Å²) in [6.45, 7) is 1.34. The molecule has 1 aromatic rings. The van der Waals surface area contributed by atoms with E-state index in [2.05, 4.69) is 0 Å². The molecule has 3 nitrogen and oxygen atoms in total. The largest absolute Gasteiger partial charge is 0.469 e. The molecular formula is C15H18F3NO2. The van der Waals surface area contributed by atoms with E-state index in [9.17, 15) is 18.0 Å². The minimum atomic E-state index is -4.35. The first-order chi connectivity index (χ1) is 9.91. The molecule has 0 aliphatic carbocycles. The van der Waals surface area contributed by atoms with Gasteiger partial charge in [-0.3, -0.25) is 9.69 Å². The van der Waals surface area contributed by atoms with Crippen molar-refractivity contribution in [3.63, 3.8) is 0 Å². The van der Waals surface area contributed by atoms with Crippen molar-refractivity contribution in [1.29, 1.82) is 0 Å². The molecule has 0 aromatic heterocycles. The number of ether oxygens (including phenoxy) is 1. The Balaban J connectivity index is 2.10. The number of piperidine rings is 1. The minimum absolute atomic E-state index is 0.198. The molecule has 0 saturated carbocycles. The number of likely N-dealkylation sites (tertiary alicyclic amines) is 1. The number of methoxy groups -OCH3 is 1. The summed E-state index contributed by atoms with van der Waals surface area (Å²) < 4.78 is 43.6. The zero-order valence-corrected chi connectivity index (χ0v) is 11.8. The van der Waals surface area contributed by atoms with E-state index < -0.39 is 11.7 Å². The van der Waals surface area contributed by atoms with Crippen LogP contribution in [0.1, 0.15) is 24.0 Å². The molecule has 116 valence electrons. The summed E-state index contributed by atoms with van der Waals surface area (Å²) in [5.41, 5.74) is -0.360. The molecule has 0 spiro atoms. The highest BCUT2D eigenvalue weighted by molar-refractivity contribution is 5.72. The first kappa shape index (κ1) is 15.8.